The maximum absolute atomic E-state index is 9.54. The highest BCUT2D eigenvalue weighted by Gasteiger charge is 2.16. The Morgan fingerprint density at radius 2 is 1.80 bits per heavy atom. The summed E-state index contributed by atoms with van der Waals surface area (Å²) in [4.78, 5) is 0. The molecule has 0 saturated heterocycles. The van der Waals surface area contributed by atoms with E-state index in [1.165, 1.54) is 0 Å². The molecule has 0 heterocycles. The molecule has 1 aromatic carbocycles. The summed E-state index contributed by atoms with van der Waals surface area (Å²) in [6.07, 6.45) is -1.61. The number of hydrogen-bond donors (Lipinski definition) is 2. The SMILES string of the molecule is OC(CCl)[C@H](O)Cc1ccc(Cl)cc1Cl. The molecule has 15 heavy (non-hydrogen) atoms. The molecule has 0 fully saturated rings. The van der Waals surface area contributed by atoms with E-state index in [1.807, 2.05) is 0 Å². The van der Waals surface area contributed by atoms with Crippen LogP contribution in [0, 0.1) is 0 Å². The molecule has 0 amide bonds. The average molecular weight is 270 g/mol. The fourth-order valence-corrected chi connectivity index (χ4v) is 1.84. The van der Waals surface area contributed by atoms with Crippen molar-refractivity contribution in [2.75, 3.05) is 5.88 Å². The maximum atomic E-state index is 9.54. The van der Waals surface area contributed by atoms with Crippen molar-refractivity contribution in [3.63, 3.8) is 0 Å². The summed E-state index contributed by atoms with van der Waals surface area (Å²) in [5, 5.41) is 19.8. The third-order valence-corrected chi connectivity index (χ3v) is 2.95. The zero-order valence-corrected chi connectivity index (χ0v) is 10.1. The Bertz CT molecular complexity index is 330. The van der Waals surface area contributed by atoms with E-state index in [-0.39, 0.29) is 12.3 Å². The van der Waals surface area contributed by atoms with Crippen LogP contribution in [0.3, 0.4) is 0 Å². The highest BCUT2D eigenvalue weighted by atomic mass is 35.5. The first-order valence-electron chi connectivity index (χ1n) is 4.40. The minimum absolute atomic E-state index is 0.00756. The number of rotatable bonds is 4. The average Bonchev–Trinajstić information content (AvgIpc) is 2.20. The lowest BCUT2D eigenvalue weighted by Crippen LogP contribution is -2.29. The first kappa shape index (κ1) is 13.1. The van der Waals surface area contributed by atoms with Crippen LogP contribution >= 0.6 is 34.8 Å². The summed E-state index contributed by atoms with van der Waals surface area (Å²) in [5.41, 5.74) is 0.734. The number of aliphatic hydroxyl groups is 2. The largest absolute Gasteiger partial charge is 0.390 e. The second-order valence-electron chi connectivity index (χ2n) is 3.23. The van der Waals surface area contributed by atoms with Gasteiger partial charge in [0.1, 0.15) is 0 Å². The zero-order valence-electron chi connectivity index (χ0n) is 7.83. The van der Waals surface area contributed by atoms with Crippen LogP contribution in [0.2, 0.25) is 10.0 Å². The minimum Gasteiger partial charge on any atom is -0.390 e. The van der Waals surface area contributed by atoms with Crippen LogP contribution in [-0.2, 0) is 6.42 Å². The van der Waals surface area contributed by atoms with Gasteiger partial charge in [0.2, 0.25) is 0 Å². The lowest BCUT2D eigenvalue weighted by Gasteiger charge is -2.15. The maximum Gasteiger partial charge on any atom is 0.0937 e. The van der Waals surface area contributed by atoms with E-state index in [9.17, 15) is 10.2 Å². The molecule has 0 aliphatic carbocycles. The zero-order chi connectivity index (χ0) is 11.4. The molecule has 0 aromatic heterocycles. The number of hydrogen-bond acceptors (Lipinski definition) is 2. The van der Waals surface area contributed by atoms with Crippen molar-refractivity contribution >= 4 is 34.8 Å². The number of halogens is 3. The second-order valence-corrected chi connectivity index (χ2v) is 4.38. The van der Waals surface area contributed by atoms with Crippen molar-refractivity contribution in [1.29, 1.82) is 0 Å². The summed E-state index contributed by atoms with van der Waals surface area (Å²) in [7, 11) is 0. The Morgan fingerprint density at radius 1 is 1.13 bits per heavy atom. The van der Waals surface area contributed by atoms with Gasteiger partial charge < -0.3 is 10.2 Å². The second kappa shape index (κ2) is 5.92. The lowest BCUT2D eigenvalue weighted by molar-refractivity contribution is 0.0341. The highest BCUT2D eigenvalue weighted by Crippen LogP contribution is 2.22. The van der Waals surface area contributed by atoms with Crippen LogP contribution in [0.15, 0.2) is 18.2 Å². The molecule has 0 bridgehead atoms. The van der Waals surface area contributed by atoms with Gasteiger partial charge in [0.05, 0.1) is 18.1 Å². The van der Waals surface area contributed by atoms with Crippen LogP contribution in [0.1, 0.15) is 5.56 Å². The molecule has 84 valence electrons. The van der Waals surface area contributed by atoms with Gasteiger partial charge in [-0.05, 0) is 17.7 Å². The van der Waals surface area contributed by atoms with E-state index in [1.54, 1.807) is 18.2 Å². The Morgan fingerprint density at radius 3 is 2.33 bits per heavy atom. The number of aliphatic hydroxyl groups excluding tert-OH is 2. The van der Waals surface area contributed by atoms with Crippen molar-refractivity contribution in [3.05, 3.63) is 33.8 Å². The van der Waals surface area contributed by atoms with E-state index < -0.39 is 12.2 Å². The number of alkyl halides is 1. The van der Waals surface area contributed by atoms with Crippen molar-refractivity contribution < 1.29 is 10.2 Å². The van der Waals surface area contributed by atoms with Crippen LogP contribution < -0.4 is 0 Å². The van der Waals surface area contributed by atoms with Gasteiger partial charge in [0.25, 0.3) is 0 Å². The Hall–Kier alpha value is 0.01000. The topological polar surface area (TPSA) is 40.5 Å². The molecule has 0 aliphatic heterocycles. The molecule has 2 atom stereocenters. The first-order chi connectivity index (χ1) is 7.04. The monoisotopic (exact) mass is 268 g/mol. The van der Waals surface area contributed by atoms with Gasteiger partial charge in [-0.25, -0.2) is 0 Å². The van der Waals surface area contributed by atoms with E-state index >= 15 is 0 Å². The van der Waals surface area contributed by atoms with Crippen molar-refractivity contribution in [3.8, 4) is 0 Å². The molecule has 0 spiro atoms. The van der Waals surface area contributed by atoms with Gasteiger partial charge in [-0.15, -0.1) is 11.6 Å². The van der Waals surface area contributed by atoms with Crippen LogP contribution in [0.25, 0.3) is 0 Å². The molecule has 5 heteroatoms. The summed E-state index contributed by atoms with van der Waals surface area (Å²) in [5.74, 6) is -0.00756. The smallest absolute Gasteiger partial charge is 0.0937 e. The van der Waals surface area contributed by atoms with Crippen LogP contribution in [0.5, 0.6) is 0 Å². The van der Waals surface area contributed by atoms with Gasteiger partial charge in [-0.2, -0.15) is 0 Å². The molecule has 1 unspecified atom stereocenters. The third-order valence-electron chi connectivity index (χ3n) is 2.05. The van der Waals surface area contributed by atoms with E-state index in [2.05, 4.69) is 0 Å². The third kappa shape index (κ3) is 3.82. The Labute approximate surface area is 103 Å². The van der Waals surface area contributed by atoms with E-state index in [4.69, 9.17) is 34.8 Å². The summed E-state index contributed by atoms with van der Waals surface area (Å²) in [6, 6.07) is 5.00. The Balaban J connectivity index is 2.72. The molecule has 2 N–H and O–H groups in total. The molecule has 0 saturated carbocycles. The summed E-state index contributed by atoms with van der Waals surface area (Å²) >= 11 is 17.1. The van der Waals surface area contributed by atoms with Crippen molar-refractivity contribution in [1.82, 2.24) is 0 Å². The highest BCUT2D eigenvalue weighted by molar-refractivity contribution is 6.35. The first-order valence-corrected chi connectivity index (χ1v) is 5.69. The molecular formula is C10H11Cl3O2. The quantitative estimate of drug-likeness (QED) is 0.825. The summed E-state index contributed by atoms with van der Waals surface area (Å²) < 4.78 is 0. The van der Waals surface area contributed by atoms with Crippen molar-refractivity contribution in [2.45, 2.75) is 18.6 Å². The molecule has 1 rings (SSSR count). The van der Waals surface area contributed by atoms with E-state index in [0.29, 0.717) is 10.0 Å². The predicted molar refractivity (Wildman–Crippen MR) is 62.9 cm³/mol. The van der Waals surface area contributed by atoms with Gasteiger partial charge in [0.15, 0.2) is 0 Å². The minimum atomic E-state index is -0.946. The van der Waals surface area contributed by atoms with Crippen LogP contribution in [-0.4, -0.2) is 28.3 Å². The van der Waals surface area contributed by atoms with E-state index in [0.717, 1.165) is 5.56 Å². The van der Waals surface area contributed by atoms with Gasteiger partial charge in [-0.3, -0.25) is 0 Å². The molecule has 2 nitrogen and oxygen atoms in total. The van der Waals surface area contributed by atoms with Gasteiger partial charge in [-0.1, -0.05) is 29.3 Å². The van der Waals surface area contributed by atoms with Gasteiger partial charge in [0, 0.05) is 16.5 Å². The fourth-order valence-electron chi connectivity index (χ4n) is 1.15. The van der Waals surface area contributed by atoms with Gasteiger partial charge >= 0.3 is 0 Å². The molecule has 0 aliphatic rings. The lowest BCUT2D eigenvalue weighted by atomic mass is 10.0. The normalized spacial score (nSPS) is 15.0. The molecular weight excluding hydrogens is 258 g/mol. The summed E-state index contributed by atoms with van der Waals surface area (Å²) in [6.45, 7) is 0. The van der Waals surface area contributed by atoms with Crippen LogP contribution in [0.4, 0.5) is 0 Å². The molecule has 0 radical (unpaired) electrons. The molecule has 1 aromatic rings. The number of benzene rings is 1. The fraction of sp³-hybridized carbons (Fsp3) is 0.400. The Kier molecular flexibility index (Phi) is 5.16. The standard InChI is InChI=1S/C10H11Cl3O2/c11-5-10(15)9(14)3-6-1-2-7(12)4-8(6)13/h1-2,4,9-10,14-15H,3,5H2/t9-,10?/m1/s1. The predicted octanol–water partition coefficient (Wildman–Crippen LogP) is 2.50. The van der Waals surface area contributed by atoms with Crippen molar-refractivity contribution in [2.24, 2.45) is 0 Å².